The van der Waals surface area contributed by atoms with Crippen LogP contribution >= 0.6 is 0 Å². The summed E-state index contributed by atoms with van der Waals surface area (Å²) in [6, 6.07) is 0. The van der Waals surface area contributed by atoms with E-state index in [1.165, 1.54) is 13.8 Å². The summed E-state index contributed by atoms with van der Waals surface area (Å²) < 4.78 is 9.64. The second kappa shape index (κ2) is 19.9. The molecule has 0 saturated heterocycles. The van der Waals surface area contributed by atoms with Crippen molar-refractivity contribution in [3.8, 4) is 0 Å². The number of hydrogen-bond acceptors (Lipinski definition) is 7. The average molecular weight is 348 g/mol. The second-order valence-corrected chi connectivity index (χ2v) is 4.99. The van der Waals surface area contributed by atoms with Gasteiger partial charge < -0.3 is 25.2 Å². The molecule has 3 N–H and O–H groups in total. The van der Waals surface area contributed by atoms with E-state index in [2.05, 4.69) is 0 Å². The molecule has 8 heteroatoms. The van der Waals surface area contributed by atoms with Crippen LogP contribution in [-0.4, -0.2) is 52.5 Å². The molecule has 7 nitrogen and oxygen atoms in total. The third kappa shape index (κ3) is 27.0. The van der Waals surface area contributed by atoms with E-state index in [0.717, 1.165) is 13.5 Å². The molecule has 2 atom stereocenters. The van der Waals surface area contributed by atoms with Crippen LogP contribution in [0.3, 0.4) is 0 Å². The van der Waals surface area contributed by atoms with Gasteiger partial charge in [0.05, 0.1) is 11.7 Å². The maximum absolute atomic E-state index is 10.5. The van der Waals surface area contributed by atoms with Gasteiger partial charge in [-0.05, 0) is 33.6 Å². The first kappa shape index (κ1) is 34.2. The Morgan fingerprint density at radius 3 is 1.43 bits per heavy atom. The molecule has 0 heterocycles. The molecule has 0 amide bonds. The minimum Gasteiger partial charge on any atom is -0.870 e. The number of carbonyl (C=O) groups is 2. The fourth-order valence-electron chi connectivity index (χ4n) is 1.29. The van der Waals surface area contributed by atoms with E-state index in [-0.39, 0.29) is 53.1 Å². The summed E-state index contributed by atoms with van der Waals surface area (Å²) >= 11 is 0. The smallest absolute Gasteiger partial charge is 0.870 e. The zero-order chi connectivity index (χ0) is 17.6. The zero-order valence-electron chi connectivity index (χ0n) is 16.0. The summed E-state index contributed by atoms with van der Waals surface area (Å²) in [6.45, 7) is 11.7. The third-order valence-corrected chi connectivity index (χ3v) is 2.41. The molecule has 0 aliphatic heterocycles. The van der Waals surface area contributed by atoms with Crippen molar-refractivity contribution in [2.75, 3.05) is 7.11 Å². The molecule has 0 aromatic heterocycles. The quantitative estimate of drug-likeness (QED) is 0.476. The topological polar surface area (TPSA) is 123 Å². The first-order valence-electron chi connectivity index (χ1n) is 7.06. The van der Waals surface area contributed by atoms with E-state index in [0.29, 0.717) is 6.42 Å². The molecule has 0 spiro atoms. The van der Waals surface area contributed by atoms with E-state index in [1.807, 2.05) is 20.8 Å². The molecular formula is C15H33NaO7. The predicted octanol–water partition coefficient (Wildman–Crippen LogP) is -1.12. The molecule has 136 valence electrons. The van der Waals surface area contributed by atoms with Crippen LogP contribution in [0.1, 0.15) is 61.3 Å². The molecule has 2 unspecified atom stereocenters. The molecule has 0 aliphatic rings. The standard InChI is InChI=1S/C8H16O3.C6H12O2.CH4O.Na.H2O/c1-5-7(8(3,4)10)11-6(2)9;1-4-5(2)8-6(3)7;1-2;;/h7,10H,5H2,1-4H3;5H,4H2,1-3H3;2H,1H3;;1H2/q;;;+1;/p-1. The Labute approximate surface area is 162 Å². The second-order valence-electron chi connectivity index (χ2n) is 4.99. The third-order valence-electron chi connectivity index (χ3n) is 2.41. The number of carbonyl (C=O) groups excluding carboxylic acids is 2. The van der Waals surface area contributed by atoms with Crippen molar-refractivity contribution >= 4 is 11.9 Å². The van der Waals surface area contributed by atoms with Gasteiger partial charge in [-0.2, -0.15) is 0 Å². The predicted molar refractivity (Wildman–Crippen MR) is 83.7 cm³/mol. The Morgan fingerprint density at radius 2 is 1.35 bits per heavy atom. The van der Waals surface area contributed by atoms with Crippen LogP contribution in [0.4, 0.5) is 0 Å². The van der Waals surface area contributed by atoms with Gasteiger partial charge in [0, 0.05) is 21.0 Å². The number of aliphatic hydroxyl groups is 2. The minimum atomic E-state index is -0.944. The van der Waals surface area contributed by atoms with Crippen LogP contribution in [0.15, 0.2) is 0 Å². The SMILES string of the molecule is CCC(C)OC(C)=O.CCC(OC(C)=O)C(C)(C)O.CO.[Na+].[OH-]. The maximum Gasteiger partial charge on any atom is 1.00 e. The van der Waals surface area contributed by atoms with Crippen molar-refractivity contribution in [3.63, 3.8) is 0 Å². The number of ether oxygens (including phenoxy) is 2. The van der Waals surface area contributed by atoms with Crippen molar-refractivity contribution in [3.05, 3.63) is 0 Å². The summed E-state index contributed by atoms with van der Waals surface area (Å²) in [5.41, 5.74) is -0.944. The van der Waals surface area contributed by atoms with Gasteiger partial charge in [-0.3, -0.25) is 9.59 Å². The van der Waals surface area contributed by atoms with Crippen LogP contribution in [0.5, 0.6) is 0 Å². The number of esters is 2. The molecule has 0 radical (unpaired) electrons. The maximum atomic E-state index is 10.5. The van der Waals surface area contributed by atoms with Gasteiger partial charge in [-0.15, -0.1) is 0 Å². The molecular weight excluding hydrogens is 315 g/mol. The summed E-state index contributed by atoms with van der Waals surface area (Å²) in [4.78, 5) is 20.7. The summed E-state index contributed by atoms with van der Waals surface area (Å²) in [5, 5.41) is 16.4. The van der Waals surface area contributed by atoms with Crippen LogP contribution in [0.25, 0.3) is 0 Å². The molecule has 0 aliphatic carbocycles. The summed E-state index contributed by atoms with van der Waals surface area (Å²) in [5.74, 6) is -0.543. The van der Waals surface area contributed by atoms with Gasteiger partial charge >= 0.3 is 41.5 Å². The normalized spacial score (nSPS) is 11.6. The van der Waals surface area contributed by atoms with Crippen LogP contribution < -0.4 is 29.6 Å². The number of hydrogen-bond donors (Lipinski definition) is 2. The van der Waals surface area contributed by atoms with Crippen LogP contribution in [0.2, 0.25) is 0 Å². The molecule has 0 fully saturated rings. The van der Waals surface area contributed by atoms with E-state index in [4.69, 9.17) is 14.6 Å². The fraction of sp³-hybridized carbons (Fsp3) is 0.867. The molecule has 0 aromatic carbocycles. The Bertz CT molecular complexity index is 277. The molecule has 23 heavy (non-hydrogen) atoms. The van der Waals surface area contributed by atoms with Crippen molar-refractivity contribution < 1.29 is 64.3 Å². The Morgan fingerprint density at radius 1 is 1.00 bits per heavy atom. The van der Waals surface area contributed by atoms with E-state index < -0.39 is 11.7 Å². The number of rotatable bonds is 5. The zero-order valence-corrected chi connectivity index (χ0v) is 18.0. The first-order valence-corrected chi connectivity index (χ1v) is 7.06. The molecule has 0 aromatic rings. The monoisotopic (exact) mass is 348 g/mol. The summed E-state index contributed by atoms with van der Waals surface area (Å²) in [7, 11) is 1.00. The largest absolute Gasteiger partial charge is 1.00 e. The van der Waals surface area contributed by atoms with Crippen LogP contribution in [0, 0.1) is 0 Å². The van der Waals surface area contributed by atoms with E-state index in [1.54, 1.807) is 13.8 Å². The van der Waals surface area contributed by atoms with E-state index in [9.17, 15) is 14.7 Å². The van der Waals surface area contributed by atoms with Crippen molar-refractivity contribution in [1.29, 1.82) is 0 Å². The Hall–Kier alpha value is -0.180. The summed E-state index contributed by atoms with van der Waals surface area (Å²) in [6.07, 6.45) is 1.19. The van der Waals surface area contributed by atoms with Gasteiger partial charge in [-0.25, -0.2) is 0 Å². The molecule has 0 rings (SSSR count). The van der Waals surface area contributed by atoms with Gasteiger partial charge in [-0.1, -0.05) is 13.8 Å². The number of aliphatic hydroxyl groups excluding tert-OH is 1. The van der Waals surface area contributed by atoms with Gasteiger partial charge in [0.15, 0.2) is 0 Å². The fourth-order valence-corrected chi connectivity index (χ4v) is 1.29. The van der Waals surface area contributed by atoms with Crippen molar-refractivity contribution in [2.45, 2.75) is 79.1 Å². The Balaban J connectivity index is -0.0000000809. The molecule has 0 saturated carbocycles. The van der Waals surface area contributed by atoms with Gasteiger partial charge in [0.1, 0.15) is 6.10 Å². The molecule has 0 bridgehead atoms. The average Bonchev–Trinajstić information content (AvgIpc) is 2.36. The first-order chi connectivity index (χ1) is 9.54. The van der Waals surface area contributed by atoms with Gasteiger partial charge in [0.25, 0.3) is 0 Å². The minimum absolute atomic E-state index is 0. The van der Waals surface area contributed by atoms with Crippen LogP contribution in [-0.2, 0) is 19.1 Å². The van der Waals surface area contributed by atoms with E-state index >= 15 is 0 Å². The Kier molecular flexibility index (Phi) is 29.6. The van der Waals surface area contributed by atoms with Crippen molar-refractivity contribution in [1.82, 2.24) is 0 Å². The van der Waals surface area contributed by atoms with Gasteiger partial charge in [0.2, 0.25) is 0 Å². The van der Waals surface area contributed by atoms with Crippen molar-refractivity contribution in [2.24, 2.45) is 0 Å².